The average molecular weight is 281 g/mol. The van der Waals surface area contributed by atoms with Crippen molar-refractivity contribution in [2.45, 2.75) is 6.04 Å². The highest BCUT2D eigenvalue weighted by atomic mass is 16.5. The maximum absolute atomic E-state index is 11.7. The van der Waals surface area contributed by atoms with Crippen molar-refractivity contribution in [3.63, 3.8) is 0 Å². The maximum atomic E-state index is 11.7. The number of hydrogen-bond acceptors (Lipinski definition) is 4. The van der Waals surface area contributed by atoms with Gasteiger partial charge in [0.2, 0.25) is 5.91 Å². The molecule has 1 atom stereocenters. The average Bonchev–Trinajstić information content (AvgIpc) is 2.52. The molecule has 1 unspecified atom stereocenters. The SMILES string of the molecule is COc1ccc(C(Nc2ccccc2)C(N)=O)cc1C#N. The molecule has 0 bridgehead atoms. The molecular formula is C16H15N3O2. The summed E-state index contributed by atoms with van der Waals surface area (Å²) in [5, 5.41) is 12.2. The third kappa shape index (κ3) is 3.31. The van der Waals surface area contributed by atoms with Crippen LogP contribution in [-0.2, 0) is 4.79 Å². The topological polar surface area (TPSA) is 88.1 Å². The molecule has 0 saturated heterocycles. The molecule has 21 heavy (non-hydrogen) atoms. The number of primary amides is 1. The fourth-order valence-corrected chi connectivity index (χ4v) is 2.01. The van der Waals surface area contributed by atoms with E-state index in [0.717, 1.165) is 5.69 Å². The van der Waals surface area contributed by atoms with Gasteiger partial charge >= 0.3 is 0 Å². The van der Waals surface area contributed by atoms with E-state index in [0.29, 0.717) is 16.9 Å². The summed E-state index contributed by atoms with van der Waals surface area (Å²) in [5.41, 5.74) is 7.21. The van der Waals surface area contributed by atoms with Gasteiger partial charge in [-0.15, -0.1) is 0 Å². The van der Waals surface area contributed by atoms with Gasteiger partial charge in [-0.3, -0.25) is 4.79 Å². The molecule has 2 rings (SSSR count). The van der Waals surface area contributed by atoms with Crippen LogP contribution in [0.2, 0.25) is 0 Å². The molecule has 0 spiro atoms. The van der Waals surface area contributed by atoms with E-state index in [1.807, 2.05) is 36.4 Å². The smallest absolute Gasteiger partial charge is 0.244 e. The molecule has 0 saturated carbocycles. The number of amides is 1. The van der Waals surface area contributed by atoms with E-state index in [1.54, 1.807) is 18.2 Å². The number of nitriles is 1. The molecular weight excluding hydrogens is 266 g/mol. The van der Waals surface area contributed by atoms with Crippen LogP contribution >= 0.6 is 0 Å². The number of nitrogens with one attached hydrogen (secondary N) is 1. The Hall–Kier alpha value is -3.00. The molecule has 0 aliphatic rings. The minimum absolute atomic E-state index is 0.358. The van der Waals surface area contributed by atoms with Crippen LogP contribution < -0.4 is 15.8 Å². The Labute approximate surface area is 123 Å². The molecule has 2 aromatic rings. The van der Waals surface area contributed by atoms with Crippen molar-refractivity contribution < 1.29 is 9.53 Å². The molecule has 5 nitrogen and oxygen atoms in total. The number of hydrogen-bond donors (Lipinski definition) is 2. The number of carbonyl (C=O) groups is 1. The molecule has 0 radical (unpaired) electrons. The van der Waals surface area contributed by atoms with Crippen LogP contribution in [0.1, 0.15) is 17.2 Å². The first kappa shape index (κ1) is 14.4. The summed E-state index contributed by atoms with van der Waals surface area (Å²) in [6.45, 7) is 0. The van der Waals surface area contributed by atoms with Crippen LogP contribution in [0.3, 0.4) is 0 Å². The van der Waals surface area contributed by atoms with E-state index < -0.39 is 11.9 Å². The number of rotatable bonds is 5. The van der Waals surface area contributed by atoms with E-state index in [4.69, 9.17) is 15.7 Å². The van der Waals surface area contributed by atoms with Gasteiger partial charge in [0.05, 0.1) is 12.7 Å². The molecule has 0 aromatic heterocycles. The second-order valence-electron chi connectivity index (χ2n) is 4.42. The van der Waals surface area contributed by atoms with Gasteiger partial charge in [0.15, 0.2) is 0 Å². The molecule has 2 aromatic carbocycles. The van der Waals surface area contributed by atoms with Gasteiger partial charge in [-0.2, -0.15) is 5.26 Å². The first-order valence-corrected chi connectivity index (χ1v) is 6.34. The Morgan fingerprint density at radius 3 is 2.57 bits per heavy atom. The van der Waals surface area contributed by atoms with Gasteiger partial charge in [0, 0.05) is 5.69 Å². The highest BCUT2D eigenvalue weighted by molar-refractivity contribution is 5.84. The lowest BCUT2D eigenvalue weighted by atomic mass is 10.0. The Morgan fingerprint density at radius 2 is 2.00 bits per heavy atom. The quantitative estimate of drug-likeness (QED) is 0.879. The summed E-state index contributed by atoms with van der Waals surface area (Å²) < 4.78 is 5.09. The zero-order valence-electron chi connectivity index (χ0n) is 11.5. The number of para-hydroxylation sites is 1. The van der Waals surface area contributed by atoms with Crippen LogP contribution in [0.25, 0.3) is 0 Å². The highest BCUT2D eigenvalue weighted by Gasteiger charge is 2.19. The summed E-state index contributed by atoms with van der Waals surface area (Å²) in [6, 6.07) is 15.6. The Bertz CT molecular complexity index is 678. The molecule has 0 aliphatic carbocycles. The number of nitrogens with two attached hydrogens (primary N) is 1. The zero-order valence-corrected chi connectivity index (χ0v) is 11.5. The molecule has 5 heteroatoms. The predicted molar refractivity (Wildman–Crippen MR) is 79.7 cm³/mol. The number of methoxy groups -OCH3 is 1. The van der Waals surface area contributed by atoms with Crippen LogP contribution in [0.5, 0.6) is 5.75 Å². The standard InChI is InChI=1S/C16H15N3O2/c1-21-14-8-7-11(9-12(14)10-17)15(16(18)20)19-13-5-3-2-4-6-13/h2-9,15,19H,1H3,(H2,18,20). The number of nitrogens with zero attached hydrogens (tertiary/aromatic N) is 1. The number of ether oxygens (including phenoxy) is 1. The lowest BCUT2D eigenvalue weighted by molar-refractivity contribution is -0.118. The molecule has 0 heterocycles. The molecule has 0 aliphatic heterocycles. The van der Waals surface area contributed by atoms with Crippen molar-refractivity contribution in [2.24, 2.45) is 5.73 Å². The van der Waals surface area contributed by atoms with Gasteiger partial charge in [0.1, 0.15) is 17.9 Å². The van der Waals surface area contributed by atoms with E-state index in [1.165, 1.54) is 7.11 Å². The number of benzene rings is 2. The maximum Gasteiger partial charge on any atom is 0.244 e. The predicted octanol–water partition coefficient (Wildman–Crippen LogP) is 2.21. The monoisotopic (exact) mass is 281 g/mol. The van der Waals surface area contributed by atoms with E-state index >= 15 is 0 Å². The zero-order chi connectivity index (χ0) is 15.2. The van der Waals surface area contributed by atoms with Crippen molar-refractivity contribution >= 4 is 11.6 Å². The Balaban J connectivity index is 2.35. The number of carbonyl (C=O) groups excluding carboxylic acids is 1. The summed E-state index contributed by atoms with van der Waals surface area (Å²) >= 11 is 0. The summed E-state index contributed by atoms with van der Waals surface area (Å²) in [4.78, 5) is 11.7. The van der Waals surface area contributed by atoms with E-state index in [-0.39, 0.29) is 0 Å². The lowest BCUT2D eigenvalue weighted by Crippen LogP contribution is -2.27. The van der Waals surface area contributed by atoms with Crippen molar-refractivity contribution in [3.05, 3.63) is 59.7 Å². The van der Waals surface area contributed by atoms with Gasteiger partial charge in [-0.25, -0.2) is 0 Å². The largest absolute Gasteiger partial charge is 0.495 e. The molecule has 3 N–H and O–H groups in total. The second-order valence-corrected chi connectivity index (χ2v) is 4.42. The fraction of sp³-hybridized carbons (Fsp3) is 0.125. The highest BCUT2D eigenvalue weighted by Crippen LogP contribution is 2.25. The minimum Gasteiger partial charge on any atom is -0.495 e. The molecule has 106 valence electrons. The van der Waals surface area contributed by atoms with E-state index in [9.17, 15) is 4.79 Å². The Kier molecular flexibility index (Phi) is 4.42. The summed E-state index contributed by atoms with van der Waals surface area (Å²) in [7, 11) is 1.49. The van der Waals surface area contributed by atoms with Crippen LogP contribution in [0.4, 0.5) is 5.69 Å². The summed E-state index contributed by atoms with van der Waals surface area (Å²) in [6.07, 6.45) is 0. The van der Waals surface area contributed by atoms with Gasteiger partial charge in [-0.05, 0) is 29.8 Å². The fourth-order valence-electron chi connectivity index (χ4n) is 2.01. The van der Waals surface area contributed by atoms with Gasteiger partial charge in [-0.1, -0.05) is 24.3 Å². The third-order valence-electron chi connectivity index (χ3n) is 3.05. The third-order valence-corrected chi connectivity index (χ3v) is 3.05. The van der Waals surface area contributed by atoms with Crippen molar-refractivity contribution in [2.75, 3.05) is 12.4 Å². The summed E-state index contributed by atoms with van der Waals surface area (Å²) in [5.74, 6) is -0.0582. The second kappa shape index (κ2) is 6.44. The Morgan fingerprint density at radius 1 is 1.29 bits per heavy atom. The number of anilines is 1. The van der Waals surface area contributed by atoms with Crippen molar-refractivity contribution in [1.29, 1.82) is 5.26 Å². The minimum atomic E-state index is -0.717. The molecule has 1 amide bonds. The lowest BCUT2D eigenvalue weighted by Gasteiger charge is -2.18. The van der Waals surface area contributed by atoms with E-state index in [2.05, 4.69) is 5.32 Å². The van der Waals surface area contributed by atoms with Crippen LogP contribution in [-0.4, -0.2) is 13.0 Å². The van der Waals surface area contributed by atoms with Gasteiger partial charge in [0.25, 0.3) is 0 Å². The van der Waals surface area contributed by atoms with Crippen LogP contribution in [0.15, 0.2) is 48.5 Å². The molecule has 0 fully saturated rings. The van der Waals surface area contributed by atoms with Crippen LogP contribution in [0, 0.1) is 11.3 Å². The van der Waals surface area contributed by atoms with Gasteiger partial charge < -0.3 is 15.8 Å². The van der Waals surface area contributed by atoms with Crippen molar-refractivity contribution in [3.8, 4) is 11.8 Å². The first-order chi connectivity index (χ1) is 10.2. The van der Waals surface area contributed by atoms with Crippen molar-refractivity contribution in [1.82, 2.24) is 0 Å². The first-order valence-electron chi connectivity index (χ1n) is 6.34. The normalized spacial score (nSPS) is 11.2.